The number of alkyl carbamates (subject to hydrolysis) is 1. The monoisotopic (exact) mass is 478 g/mol. The van der Waals surface area contributed by atoms with E-state index in [1.165, 1.54) is 22.3 Å². The molecule has 0 aliphatic heterocycles. The third-order valence-electron chi connectivity index (χ3n) is 7.26. The number of benzene rings is 2. The molecular weight excluding hydrogens is 444 g/mol. The molecule has 1 saturated carbocycles. The molecule has 7 nitrogen and oxygen atoms in total. The Kier molecular flexibility index (Phi) is 7.73. The van der Waals surface area contributed by atoms with Gasteiger partial charge in [0.1, 0.15) is 12.6 Å². The summed E-state index contributed by atoms with van der Waals surface area (Å²) in [5, 5.41) is 14.9. The van der Waals surface area contributed by atoms with Gasteiger partial charge in [0, 0.05) is 18.4 Å². The van der Waals surface area contributed by atoms with Gasteiger partial charge in [-0.25, -0.2) is 9.59 Å². The number of carboxylic acid groups (broad SMARTS) is 1. The fraction of sp³-hybridized carbons (Fsp3) is 0.464. The highest BCUT2D eigenvalue weighted by atomic mass is 16.5. The maximum atomic E-state index is 12.7. The summed E-state index contributed by atoms with van der Waals surface area (Å²) in [6, 6.07) is 15.5. The third kappa shape index (κ3) is 5.66. The molecule has 2 aromatic rings. The van der Waals surface area contributed by atoms with E-state index in [0.29, 0.717) is 13.0 Å². The van der Waals surface area contributed by atoms with Crippen molar-refractivity contribution >= 4 is 18.0 Å². The van der Waals surface area contributed by atoms with Gasteiger partial charge in [-0.3, -0.25) is 4.79 Å². The zero-order valence-electron chi connectivity index (χ0n) is 20.3. The number of ether oxygens (including phenoxy) is 1. The van der Waals surface area contributed by atoms with Crippen LogP contribution in [-0.2, 0) is 14.3 Å². The van der Waals surface area contributed by atoms with E-state index >= 15 is 0 Å². The van der Waals surface area contributed by atoms with Gasteiger partial charge in [-0.1, -0.05) is 68.8 Å². The molecule has 0 bridgehead atoms. The highest BCUT2D eigenvalue weighted by Crippen LogP contribution is 2.44. The Morgan fingerprint density at radius 2 is 1.63 bits per heavy atom. The summed E-state index contributed by atoms with van der Waals surface area (Å²) < 4.78 is 5.62. The quantitative estimate of drug-likeness (QED) is 0.516. The number of carboxylic acids is 1. The summed E-state index contributed by atoms with van der Waals surface area (Å²) in [5.41, 5.74) is 4.71. The van der Waals surface area contributed by atoms with Gasteiger partial charge in [-0.05, 0) is 53.4 Å². The number of amides is 2. The van der Waals surface area contributed by atoms with E-state index < -0.39 is 18.1 Å². The highest BCUT2D eigenvalue weighted by molar-refractivity contribution is 5.85. The highest BCUT2D eigenvalue weighted by Gasteiger charge is 2.32. The summed E-state index contributed by atoms with van der Waals surface area (Å²) in [4.78, 5) is 36.6. The molecule has 0 spiro atoms. The molecule has 3 atom stereocenters. The van der Waals surface area contributed by atoms with Gasteiger partial charge in [-0.2, -0.15) is 0 Å². The van der Waals surface area contributed by atoms with E-state index in [2.05, 4.69) is 34.9 Å². The molecular formula is C28H34N2O5. The summed E-state index contributed by atoms with van der Waals surface area (Å²) in [5.74, 6) is -1.49. The van der Waals surface area contributed by atoms with Gasteiger partial charge in [-0.15, -0.1) is 0 Å². The third-order valence-corrected chi connectivity index (χ3v) is 7.26. The van der Waals surface area contributed by atoms with Crippen LogP contribution in [0.4, 0.5) is 4.79 Å². The molecule has 2 amide bonds. The Morgan fingerprint density at radius 1 is 1.00 bits per heavy atom. The van der Waals surface area contributed by atoms with Crippen LogP contribution < -0.4 is 10.6 Å². The minimum atomic E-state index is -1.02. The van der Waals surface area contributed by atoms with Crippen LogP contribution in [0.5, 0.6) is 0 Å². The van der Waals surface area contributed by atoms with Gasteiger partial charge in [0.05, 0.1) is 0 Å². The molecule has 186 valence electrons. The predicted molar refractivity (Wildman–Crippen MR) is 133 cm³/mol. The first kappa shape index (κ1) is 24.8. The molecule has 2 aliphatic rings. The van der Waals surface area contributed by atoms with E-state index in [-0.39, 0.29) is 36.2 Å². The summed E-state index contributed by atoms with van der Waals surface area (Å²) in [6.45, 7) is 4.26. The lowest BCUT2D eigenvalue weighted by atomic mass is 9.80. The molecule has 0 saturated heterocycles. The first-order valence-corrected chi connectivity index (χ1v) is 12.5. The maximum absolute atomic E-state index is 12.7. The first-order valence-electron chi connectivity index (χ1n) is 12.5. The van der Waals surface area contributed by atoms with Crippen molar-refractivity contribution in [1.82, 2.24) is 10.6 Å². The fourth-order valence-electron chi connectivity index (χ4n) is 5.38. The smallest absolute Gasteiger partial charge is 0.407 e. The number of aliphatic carboxylic acids is 1. The Hall–Kier alpha value is -3.35. The van der Waals surface area contributed by atoms with Crippen LogP contribution in [0.25, 0.3) is 11.1 Å². The first-order chi connectivity index (χ1) is 16.8. The zero-order chi connectivity index (χ0) is 24.9. The van der Waals surface area contributed by atoms with Gasteiger partial charge < -0.3 is 20.5 Å². The fourth-order valence-corrected chi connectivity index (χ4v) is 5.38. The minimum absolute atomic E-state index is 0.0130. The van der Waals surface area contributed by atoms with E-state index in [4.69, 9.17) is 4.74 Å². The van der Waals surface area contributed by atoms with Crippen LogP contribution in [0, 0.1) is 17.8 Å². The Balaban J connectivity index is 1.27. The van der Waals surface area contributed by atoms with Crippen molar-refractivity contribution in [2.75, 3.05) is 13.2 Å². The normalized spacial score (nSPS) is 20.0. The molecule has 0 aromatic heterocycles. The second-order valence-corrected chi connectivity index (χ2v) is 10.0. The van der Waals surface area contributed by atoms with Crippen LogP contribution in [-0.4, -0.2) is 42.3 Å². The van der Waals surface area contributed by atoms with Crippen LogP contribution >= 0.6 is 0 Å². The topological polar surface area (TPSA) is 105 Å². The van der Waals surface area contributed by atoms with Crippen molar-refractivity contribution in [1.29, 1.82) is 0 Å². The van der Waals surface area contributed by atoms with Crippen molar-refractivity contribution in [2.24, 2.45) is 17.8 Å². The Morgan fingerprint density at radius 3 is 2.23 bits per heavy atom. The van der Waals surface area contributed by atoms with Crippen LogP contribution in [0.2, 0.25) is 0 Å². The molecule has 3 N–H and O–H groups in total. The molecule has 0 radical (unpaired) electrons. The minimum Gasteiger partial charge on any atom is -0.480 e. The van der Waals surface area contributed by atoms with Crippen molar-refractivity contribution < 1.29 is 24.2 Å². The molecule has 7 heteroatoms. The van der Waals surface area contributed by atoms with Crippen molar-refractivity contribution in [3.05, 3.63) is 59.7 Å². The molecule has 35 heavy (non-hydrogen) atoms. The van der Waals surface area contributed by atoms with E-state index in [9.17, 15) is 19.5 Å². The van der Waals surface area contributed by atoms with Crippen molar-refractivity contribution in [2.45, 2.75) is 51.5 Å². The summed E-state index contributed by atoms with van der Waals surface area (Å²) in [6.07, 6.45) is 2.69. The van der Waals surface area contributed by atoms with Gasteiger partial charge >= 0.3 is 12.1 Å². The molecule has 4 rings (SSSR count). The second-order valence-electron chi connectivity index (χ2n) is 10.0. The van der Waals surface area contributed by atoms with Gasteiger partial charge in [0.25, 0.3) is 0 Å². The van der Waals surface area contributed by atoms with Gasteiger partial charge in [0.15, 0.2) is 0 Å². The predicted octanol–water partition coefficient (Wildman–Crippen LogP) is 4.56. The molecule has 0 heterocycles. The number of rotatable bonds is 8. The molecule has 1 fully saturated rings. The number of hydrogen-bond donors (Lipinski definition) is 3. The van der Waals surface area contributed by atoms with Crippen molar-refractivity contribution in [3.63, 3.8) is 0 Å². The zero-order valence-corrected chi connectivity index (χ0v) is 20.3. The van der Waals surface area contributed by atoms with Crippen LogP contribution in [0.1, 0.15) is 56.6 Å². The number of carbonyl (C=O) groups excluding carboxylic acids is 2. The lowest BCUT2D eigenvalue weighted by Crippen LogP contribution is -2.47. The summed E-state index contributed by atoms with van der Waals surface area (Å²) in [7, 11) is 0. The van der Waals surface area contributed by atoms with E-state index in [0.717, 1.165) is 19.3 Å². The Bertz CT molecular complexity index is 1040. The largest absolute Gasteiger partial charge is 0.480 e. The van der Waals surface area contributed by atoms with Crippen molar-refractivity contribution in [3.8, 4) is 11.1 Å². The second kappa shape index (κ2) is 10.9. The maximum Gasteiger partial charge on any atom is 0.407 e. The lowest BCUT2D eigenvalue weighted by Gasteiger charge is -2.30. The number of fused-ring (bicyclic) bond motifs is 3. The summed E-state index contributed by atoms with van der Waals surface area (Å²) >= 11 is 0. The number of carbonyl (C=O) groups is 3. The number of hydrogen-bond acceptors (Lipinski definition) is 4. The average molecular weight is 479 g/mol. The Labute approximate surface area is 206 Å². The SMILES string of the molecule is CC(C)C(NC(=O)C1CCCC(CNC(=O)OCC2c3ccccc3-c3ccccc32)C1)C(=O)O. The number of nitrogens with one attached hydrogen (secondary N) is 2. The van der Waals surface area contributed by atoms with Crippen LogP contribution in [0.15, 0.2) is 48.5 Å². The van der Waals surface area contributed by atoms with E-state index in [1.807, 2.05) is 24.3 Å². The molecule has 2 aliphatic carbocycles. The van der Waals surface area contributed by atoms with E-state index in [1.54, 1.807) is 13.8 Å². The standard InChI is InChI=1S/C28H34N2O5/c1-17(2)25(27(32)33)30-26(31)19-9-7-8-18(14-19)15-29-28(34)35-16-24-22-12-5-3-10-20(22)21-11-4-6-13-23(21)24/h3-6,10-13,17-19,24-25H,7-9,14-16H2,1-2H3,(H,29,34)(H,30,31)(H,32,33). The van der Waals surface area contributed by atoms with Gasteiger partial charge in [0.2, 0.25) is 5.91 Å². The molecule has 2 aromatic carbocycles. The van der Waals surface area contributed by atoms with Crippen LogP contribution in [0.3, 0.4) is 0 Å². The average Bonchev–Trinajstić information content (AvgIpc) is 3.18. The lowest BCUT2D eigenvalue weighted by molar-refractivity contribution is -0.144. The molecule has 3 unspecified atom stereocenters.